The summed E-state index contributed by atoms with van der Waals surface area (Å²) >= 11 is 1.56. The van der Waals surface area contributed by atoms with Crippen molar-refractivity contribution in [2.24, 2.45) is 5.73 Å². The number of anilines is 1. The molecule has 2 heterocycles. The van der Waals surface area contributed by atoms with Crippen molar-refractivity contribution in [3.05, 3.63) is 53.5 Å². The van der Waals surface area contributed by atoms with E-state index in [-0.39, 0.29) is 12.5 Å². The van der Waals surface area contributed by atoms with E-state index in [1.165, 1.54) is 0 Å². The van der Waals surface area contributed by atoms with Crippen LogP contribution in [0.4, 0.5) is 5.69 Å². The van der Waals surface area contributed by atoms with Crippen LogP contribution in [-0.2, 0) is 4.79 Å². The summed E-state index contributed by atoms with van der Waals surface area (Å²) in [7, 11) is 0. The highest BCUT2D eigenvalue weighted by Gasteiger charge is 2.12. The highest BCUT2D eigenvalue weighted by atomic mass is 32.1. The summed E-state index contributed by atoms with van der Waals surface area (Å²) < 4.78 is 5.15. The minimum Gasteiger partial charge on any atom is -0.484 e. The number of nitrogens with two attached hydrogens (primary N) is 1. The quantitative estimate of drug-likeness (QED) is 0.638. The molecule has 0 spiro atoms. The van der Waals surface area contributed by atoms with Crippen molar-refractivity contribution >= 4 is 28.8 Å². The first kappa shape index (κ1) is 15.8. The zero-order valence-corrected chi connectivity index (χ0v) is 13.3. The number of rotatable bonds is 6. The van der Waals surface area contributed by atoms with Crippen molar-refractivity contribution in [1.82, 2.24) is 10.2 Å². The fourth-order valence-electron chi connectivity index (χ4n) is 1.98. The third-order valence-corrected chi connectivity index (χ3v) is 3.99. The fraction of sp³-hybridized carbons (Fsp3) is 0.0625. The summed E-state index contributed by atoms with van der Waals surface area (Å²) in [6.07, 6.45) is 0. The summed E-state index contributed by atoms with van der Waals surface area (Å²) in [6, 6.07) is 12.2. The Hall–Kier alpha value is -3.13. The molecule has 3 aromatic rings. The predicted molar refractivity (Wildman–Crippen MR) is 91.0 cm³/mol. The molecule has 0 fully saturated rings. The summed E-state index contributed by atoms with van der Waals surface area (Å²) in [5.41, 5.74) is 6.69. The normalized spacial score (nSPS) is 10.3. The van der Waals surface area contributed by atoms with Crippen molar-refractivity contribution in [3.63, 3.8) is 0 Å². The van der Waals surface area contributed by atoms with Crippen LogP contribution in [-0.4, -0.2) is 28.6 Å². The van der Waals surface area contributed by atoms with E-state index in [1.54, 1.807) is 41.7 Å². The van der Waals surface area contributed by atoms with E-state index in [4.69, 9.17) is 10.5 Å². The molecule has 0 radical (unpaired) electrons. The third kappa shape index (κ3) is 3.79. The zero-order valence-electron chi connectivity index (χ0n) is 12.5. The van der Waals surface area contributed by atoms with E-state index < -0.39 is 5.91 Å². The predicted octanol–water partition coefficient (Wildman–Crippen LogP) is 2.25. The summed E-state index contributed by atoms with van der Waals surface area (Å²) in [4.78, 5) is 23.9. The summed E-state index contributed by atoms with van der Waals surface area (Å²) in [6.45, 7) is -0.190. The van der Waals surface area contributed by atoms with Gasteiger partial charge in [-0.3, -0.25) is 14.7 Å². The number of aromatic nitrogens is 2. The number of carbonyl (C=O) groups is 2. The van der Waals surface area contributed by atoms with Gasteiger partial charge in [0.15, 0.2) is 12.3 Å². The van der Waals surface area contributed by atoms with E-state index >= 15 is 0 Å². The Labute approximate surface area is 141 Å². The number of benzene rings is 1. The number of H-pyrrole nitrogens is 1. The lowest BCUT2D eigenvalue weighted by Crippen LogP contribution is -2.20. The highest BCUT2D eigenvalue weighted by molar-refractivity contribution is 7.13. The Balaban J connectivity index is 1.63. The molecule has 0 bridgehead atoms. The van der Waals surface area contributed by atoms with Gasteiger partial charge < -0.3 is 15.8 Å². The van der Waals surface area contributed by atoms with E-state index in [0.717, 1.165) is 10.6 Å². The number of nitrogens with zero attached hydrogens (tertiary/aromatic N) is 1. The molecule has 1 aromatic carbocycles. The SMILES string of the molecule is NC(=O)COc1ccc(NC(=O)c2cc(-c3cccs3)[nH]n2)cc1. The van der Waals surface area contributed by atoms with Crippen LogP contribution in [0.5, 0.6) is 5.75 Å². The molecule has 7 nitrogen and oxygen atoms in total. The standard InChI is InChI=1S/C16H14N4O3S/c17-15(21)9-23-11-5-3-10(4-6-11)18-16(22)13-8-12(19-20-13)14-2-1-7-24-14/h1-8H,9H2,(H2,17,21)(H,18,22)(H,19,20). The van der Waals surface area contributed by atoms with Gasteiger partial charge in [0.25, 0.3) is 11.8 Å². The van der Waals surface area contributed by atoms with Gasteiger partial charge in [-0.15, -0.1) is 11.3 Å². The number of carbonyl (C=O) groups excluding carboxylic acids is 2. The van der Waals surface area contributed by atoms with E-state index in [9.17, 15) is 9.59 Å². The largest absolute Gasteiger partial charge is 0.484 e. The first-order chi connectivity index (χ1) is 11.6. The van der Waals surface area contributed by atoms with Gasteiger partial charge in [-0.25, -0.2) is 0 Å². The second kappa shape index (κ2) is 6.97. The Morgan fingerprint density at radius 1 is 1.25 bits per heavy atom. The maximum absolute atomic E-state index is 12.2. The first-order valence-corrected chi connectivity index (χ1v) is 7.91. The van der Waals surface area contributed by atoms with Crippen LogP contribution in [0.2, 0.25) is 0 Å². The van der Waals surface area contributed by atoms with Crippen LogP contribution in [0.1, 0.15) is 10.5 Å². The highest BCUT2D eigenvalue weighted by Crippen LogP contribution is 2.23. The number of primary amides is 1. The maximum atomic E-state index is 12.2. The van der Waals surface area contributed by atoms with Gasteiger partial charge in [0.05, 0.1) is 10.6 Å². The third-order valence-electron chi connectivity index (χ3n) is 3.09. The number of aromatic amines is 1. The molecule has 0 atom stereocenters. The van der Waals surface area contributed by atoms with Crippen molar-refractivity contribution in [2.75, 3.05) is 11.9 Å². The van der Waals surface area contributed by atoms with Crippen LogP contribution in [0.25, 0.3) is 10.6 Å². The monoisotopic (exact) mass is 342 g/mol. The Morgan fingerprint density at radius 3 is 2.71 bits per heavy atom. The first-order valence-electron chi connectivity index (χ1n) is 7.03. The van der Waals surface area contributed by atoms with Crippen LogP contribution in [0, 0.1) is 0 Å². The van der Waals surface area contributed by atoms with Crippen LogP contribution in [0.15, 0.2) is 47.8 Å². The lowest BCUT2D eigenvalue weighted by atomic mass is 10.2. The molecule has 0 unspecified atom stereocenters. The van der Waals surface area contributed by atoms with Crippen LogP contribution >= 0.6 is 11.3 Å². The molecule has 3 rings (SSSR count). The molecule has 0 saturated carbocycles. The lowest BCUT2D eigenvalue weighted by molar-refractivity contribution is -0.119. The molecule has 122 valence electrons. The molecular formula is C16H14N4O3S. The average molecular weight is 342 g/mol. The molecule has 2 aromatic heterocycles. The zero-order chi connectivity index (χ0) is 16.9. The number of amides is 2. The molecule has 24 heavy (non-hydrogen) atoms. The van der Waals surface area contributed by atoms with Gasteiger partial charge >= 0.3 is 0 Å². The number of thiophene rings is 1. The summed E-state index contributed by atoms with van der Waals surface area (Å²) in [5.74, 6) is -0.376. The molecule has 8 heteroatoms. The number of nitrogens with one attached hydrogen (secondary N) is 2. The Kier molecular flexibility index (Phi) is 4.57. The van der Waals surface area contributed by atoms with E-state index in [0.29, 0.717) is 17.1 Å². The molecule has 4 N–H and O–H groups in total. The molecule has 2 amide bonds. The molecule has 0 aliphatic carbocycles. The fourth-order valence-corrected chi connectivity index (χ4v) is 2.67. The van der Waals surface area contributed by atoms with Gasteiger partial charge in [0.1, 0.15) is 5.75 Å². The van der Waals surface area contributed by atoms with Gasteiger partial charge in [0, 0.05) is 5.69 Å². The molecule has 0 aliphatic rings. The maximum Gasteiger partial charge on any atom is 0.276 e. The number of hydrogen-bond donors (Lipinski definition) is 3. The average Bonchev–Trinajstić information content (AvgIpc) is 3.25. The van der Waals surface area contributed by atoms with Crippen LogP contribution in [0.3, 0.4) is 0 Å². The van der Waals surface area contributed by atoms with Gasteiger partial charge in [0.2, 0.25) is 0 Å². The Bertz CT molecular complexity index is 841. The lowest BCUT2D eigenvalue weighted by Gasteiger charge is -2.06. The van der Waals surface area contributed by atoms with Gasteiger partial charge in [-0.2, -0.15) is 5.10 Å². The van der Waals surface area contributed by atoms with Crippen molar-refractivity contribution in [3.8, 4) is 16.3 Å². The topological polar surface area (TPSA) is 110 Å². The van der Waals surface area contributed by atoms with E-state index in [2.05, 4.69) is 15.5 Å². The summed E-state index contributed by atoms with van der Waals surface area (Å²) in [5, 5.41) is 11.6. The molecular weight excluding hydrogens is 328 g/mol. The smallest absolute Gasteiger partial charge is 0.276 e. The molecule has 0 aliphatic heterocycles. The minimum atomic E-state index is -0.549. The molecule has 0 saturated heterocycles. The van der Waals surface area contributed by atoms with Crippen molar-refractivity contribution in [2.45, 2.75) is 0 Å². The van der Waals surface area contributed by atoms with Crippen molar-refractivity contribution < 1.29 is 14.3 Å². The van der Waals surface area contributed by atoms with E-state index in [1.807, 2.05) is 17.5 Å². The number of hydrogen-bond acceptors (Lipinski definition) is 5. The number of ether oxygens (including phenoxy) is 1. The minimum absolute atomic E-state index is 0.190. The van der Waals surface area contributed by atoms with Gasteiger partial charge in [-0.1, -0.05) is 6.07 Å². The van der Waals surface area contributed by atoms with Crippen LogP contribution < -0.4 is 15.8 Å². The van der Waals surface area contributed by atoms with Crippen molar-refractivity contribution in [1.29, 1.82) is 0 Å². The second-order valence-electron chi connectivity index (χ2n) is 4.88. The Morgan fingerprint density at radius 2 is 2.04 bits per heavy atom. The second-order valence-corrected chi connectivity index (χ2v) is 5.83. The van der Waals surface area contributed by atoms with Gasteiger partial charge in [-0.05, 0) is 41.8 Å².